The number of hydrogen-bond acceptors (Lipinski definition) is 4. The van der Waals surface area contributed by atoms with Crippen LogP contribution < -0.4 is 5.73 Å². The van der Waals surface area contributed by atoms with Crippen molar-refractivity contribution in [2.75, 3.05) is 0 Å². The number of aromatic nitrogens is 2. The molecule has 1 aliphatic rings. The van der Waals surface area contributed by atoms with Crippen LogP contribution in [-0.4, -0.2) is 21.1 Å². The summed E-state index contributed by atoms with van der Waals surface area (Å²) in [7, 11) is 0. The summed E-state index contributed by atoms with van der Waals surface area (Å²) in [6, 6.07) is 0. The molecule has 1 atom stereocenters. The fourth-order valence-corrected chi connectivity index (χ4v) is 2.17. The van der Waals surface area contributed by atoms with Crippen molar-refractivity contribution in [3.05, 3.63) is 17.7 Å². The highest BCUT2D eigenvalue weighted by Gasteiger charge is 2.29. The molecule has 1 unspecified atom stereocenters. The zero-order valence-electron chi connectivity index (χ0n) is 11.3. The average molecular weight is 251 g/mol. The molecule has 5 nitrogen and oxygen atoms in total. The first-order chi connectivity index (χ1) is 8.39. The fraction of sp³-hybridized carbons (Fsp3) is 0.692. The molecule has 0 amide bonds. The van der Waals surface area contributed by atoms with Crippen molar-refractivity contribution < 1.29 is 9.53 Å². The standard InChI is InChI=1S/C13H21N3O2/c1-13(2,3)18-12(17)9-4-5-16-8-10(7-14)15-11(16)6-9/h8-9H,4-7,14H2,1-3H3. The minimum absolute atomic E-state index is 0.0789. The highest BCUT2D eigenvalue weighted by Crippen LogP contribution is 2.23. The van der Waals surface area contributed by atoms with Crippen molar-refractivity contribution in [1.82, 2.24) is 9.55 Å². The number of nitrogens with two attached hydrogens (primary N) is 1. The van der Waals surface area contributed by atoms with Gasteiger partial charge < -0.3 is 15.0 Å². The van der Waals surface area contributed by atoms with Gasteiger partial charge in [0.2, 0.25) is 0 Å². The van der Waals surface area contributed by atoms with Gasteiger partial charge in [0.05, 0.1) is 11.6 Å². The number of fused-ring (bicyclic) bond motifs is 1. The molecule has 100 valence electrons. The predicted molar refractivity (Wildman–Crippen MR) is 67.8 cm³/mol. The number of carbonyl (C=O) groups excluding carboxylic acids is 1. The molecular formula is C13H21N3O2. The van der Waals surface area contributed by atoms with E-state index in [9.17, 15) is 4.79 Å². The van der Waals surface area contributed by atoms with E-state index in [4.69, 9.17) is 10.5 Å². The summed E-state index contributed by atoms with van der Waals surface area (Å²) in [4.78, 5) is 16.4. The molecule has 1 aromatic heterocycles. The van der Waals surface area contributed by atoms with E-state index < -0.39 is 5.60 Å². The van der Waals surface area contributed by atoms with Crippen molar-refractivity contribution in [1.29, 1.82) is 0 Å². The molecule has 0 saturated carbocycles. The van der Waals surface area contributed by atoms with Gasteiger partial charge in [0, 0.05) is 25.7 Å². The molecule has 18 heavy (non-hydrogen) atoms. The summed E-state index contributed by atoms with van der Waals surface area (Å²) in [6.07, 6.45) is 3.43. The Hall–Kier alpha value is -1.36. The van der Waals surface area contributed by atoms with E-state index >= 15 is 0 Å². The van der Waals surface area contributed by atoms with Crippen LogP contribution in [0.2, 0.25) is 0 Å². The van der Waals surface area contributed by atoms with Crippen molar-refractivity contribution in [3.8, 4) is 0 Å². The third kappa shape index (κ3) is 2.90. The molecular weight excluding hydrogens is 230 g/mol. The number of imidazole rings is 1. The summed E-state index contributed by atoms with van der Waals surface area (Å²) >= 11 is 0. The maximum atomic E-state index is 12.0. The van der Waals surface area contributed by atoms with Gasteiger partial charge in [-0.1, -0.05) is 0 Å². The minimum Gasteiger partial charge on any atom is -0.460 e. The average Bonchev–Trinajstić information content (AvgIpc) is 2.68. The molecule has 0 radical (unpaired) electrons. The van der Waals surface area contributed by atoms with Gasteiger partial charge in [-0.15, -0.1) is 0 Å². The van der Waals surface area contributed by atoms with Gasteiger partial charge >= 0.3 is 5.97 Å². The van der Waals surface area contributed by atoms with Crippen molar-refractivity contribution in [2.45, 2.75) is 52.3 Å². The lowest BCUT2D eigenvalue weighted by molar-refractivity contribution is -0.160. The van der Waals surface area contributed by atoms with E-state index in [2.05, 4.69) is 9.55 Å². The van der Waals surface area contributed by atoms with Crippen molar-refractivity contribution in [3.63, 3.8) is 0 Å². The number of ether oxygens (including phenoxy) is 1. The minimum atomic E-state index is -0.424. The summed E-state index contributed by atoms with van der Waals surface area (Å²) in [5.74, 6) is 0.744. The molecule has 0 aliphatic carbocycles. The number of hydrogen-bond donors (Lipinski definition) is 1. The highest BCUT2D eigenvalue weighted by molar-refractivity contribution is 5.73. The Morgan fingerprint density at radius 1 is 1.61 bits per heavy atom. The molecule has 0 bridgehead atoms. The Bertz CT molecular complexity index is 446. The molecule has 0 saturated heterocycles. The molecule has 0 spiro atoms. The number of esters is 1. The molecule has 0 fully saturated rings. The van der Waals surface area contributed by atoms with Crippen molar-refractivity contribution >= 4 is 5.97 Å². The van der Waals surface area contributed by atoms with Crippen LogP contribution in [-0.2, 0) is 29.0 Å². The first kappa shape index (κ1) is 13.1. The van der Waals surface area contributed by atoms with Crippen LogP contribution in [0.4, 0.5) is 0 Å². The first-order valence-corrected chi connectivity index (χ1v) is 6.37. The summed E-state index contributed by atoms with van der Waals surface area (Å²) in [5, 5.41) is 0. The first-order valence-electron chi connectivity index (χ1n) is 6.37. The van der Waals surface area contributed by atoms with E-state index in [0.717, 1.165) is 24.5 Å². The predicted octanol–water partition coefficient (Wildman–Crippen LogP) is 1.25. The Morgan fingerprint density at radius 2 is 2.33 bits per heavy atom. The zero-order chi connectivity index (χ0) is 13.3. The largest absolute Gasteiger partial charge is 0.460 e. The van der Waals surface area contributed by atoms with Gasteiger partial charge in [-0.05, 0) is 27.2 Å². The molecule has 0 aromatic carbocycles. The smallest absolute Gasteiger partial charge is 0.309 e. The van der Waals surface area contributed by atoms with Gasteiger partial charge in [0.25, 0.3) is 0 Å². The van der Waals surface area contributed by atoms with Gasteiger partial charge in [-0.25, -0.2) is 4.98 Å². The lowest BCUT2D eigenvalue weighted by atomic mass is 9.97. The monoisotopic (exact) mass is 251 g/mol. The molecule has 1 aliphatic heterocycles. The maximum absolute atomic E-state index is 12.0. The Labute approximate surface area is 107 Å². The third-order valence-corrected chi connectivity index (χ3v) is 3.01. The normalized spacial score (nSPS) is 19.4. The second-order valence-electron chi connectivity index (χ2n) is 5.77. The van der Waals surface area contributed by atoms with Gasteiger partial charge in [0.1, 0.15) is 11.4 Å². The summed E-state index contributed by atoms with van der Waals surface area (Å²) < 4.78 is 7.51. The van der Waals surface area contributed by atoms with Gasteiger partial charge in [0.15, 0.2) is 0 Å². The molecule has 1 aromatic rings. The third-order valence-electron chi connectivity index (χ3n) is 3.01. The lowest BCUT2D eigenvalue weighted by Gasteiger charge is -2.26. The van der Waals surface area contributed by atoms with Crippen LogP contribution in [0.3, 0.4) is 0 Å². The van der Waals surface area contributed by atoms with Crippen LogP contribution in [0.1, 0.15) is 38.7 Å². The molecule has 2 heterocycles. The molecule has 2 N–H and O–H groups in total. The number of carbonyl (C=O) groups is 1. The Kier molecular flexibility index (Phi) is 3.43. The number of aryl methyl sites for hydroxylation is 1. The summed E-state index contributed by atoms with van der Waals surface area (Å²) in [6.45, 7) is 6.92. The van der Waals surface area contributed by atoms with E-state index in [1.165, 1.54) is 0 Å². The van der Waals surface area contributed by atoms with Crippen LogP contribution in [0, 0.1) is 5.92 Å². The quantitative estimate of drug-likeness (QED) is 0.803. The van der Waals surface area contributed by atoms with E-state index in [0.29, 0.717) is 13.0 Å². The highest BCUT2D eigenvalue weighted by atomic mass is 16.6. The van der Waals surface area contributed by atoms with Gasteiger partial charge in [-0.3, -0.25) is 4.79 Å². The SMILES string of the molecule is CC(C)(C)OC(=O)C1CCn2cc(CN)nc2C1. The Balaban J connectivity index is 2.05. The zero-order valence-corrected chi connectivity index (χ0v) is 11.3. The van der Waals surface area contributed by atoms with E-state index in [1.54, 1.807) is 0 Å². The van der Waals surface area contributed by atoms with E-state index in [-0.39, 0.29) is 11.9 Å². The topological polar surface area (TPSA) is 70.1 Å². The fourth-order valence-electron chi connectivity index (χ4n) is 2.17. The lowest BCUT2D eigenvalue weighted by Crippen LogP contribution is -2.32. The van der Waals surface area contributed by atoms with E-state index in [1.807, 2.05) is 27.0 Å². The second-order valence-corrected chi connectivity index (χ2v) is 5.77. The maximum Gasteiger partial charge on any atom is 0.309 e. The molecule has 5 heteroatoms. The number of rotatable bonds is 2. The van der Waals surface area contributed by atoms with Crippen LogP contribution in [0.5, 0.6) is 0 Å². The van der Waals surface area contributed by atoms with Crippen molar-refractivity contribution in [2.24, 2.45) is 11.7 Å². The molecule has 2 rings (SSSR count). The van der Waals surface area contributed by atoms with Crippen LogP contribution in [0.15, 0.2) is 6.20 Å². The second kappa shape index (κ2) is 4.72. The van der Waals surface area contributed by atoms with Gasteiger partial charge in [-0.2, -0.15) is 0 Å². The Morgan fingerprint density at radius 3 is 2.94 bits per heavy atom. The summed E-state index contributed by atoms with van der Waals surface area (Å²) in [5.41, 5.74) is 6.03. The van der Waals surface area contributed by atoms with Crippen LogP contribution >= 0.6 is 0 Å². The number of nitrogens with zero attached hydrogens (tertiary/aromatic N) is 2. The van der Waals surface area contributed by atoms with Crippen LogP contribution in [0.25, 0.3) is 0 Å².